The Labute approximate surface area is 171 Å². The Morgan fingerprint density at radius 1 is 0.966 bits per heavy atom. The van der Waals surface area contributed by atoms with E-state index in [0.29, 0.717) is 11.5 Å². The number of aryl methyl sites for hydroxylation is 3. The van der Waals surface area contributed by atoms with Gasteiger partial charge in [0, 0.05) is 11.4 Å². The number of nitrogens with zero attached hydrogens (tertiary/aromatic N) is 2. The van der Waals surface area contributed by atoms with Gasteiger partial charge in [0.25, 0.3) is 5.91 Å². The summed E-state index contributed by atoms with van der Waals surface area (Å²) in [5, 5.41) is 6.10. The molecule has 6 heteroatoms. The standard InChI is InChI=1S/C23H26N4O2/c1-14(2)29-19-8-6-18(7-9-19)26-23(28)20-12-25-21(13-24-20)27-22-16(4)10-15(3)11-17(22)5/h6-14H,1-5H3,(H,25,27)(H,26,28). The number of carbonyl (C=O) groups is 1. The molecule has 0 atom stereocenters. The van der Waals surface area contributed by atoms with Crippen LogP contribution < -0.4 is 15.4 Å². The maximum absolute atomic E-state index is 12.4. The van der Waals surface area contributed by atoms with Crippen molar-refractivity contribution in [1.29, 1.82) is 0 Å². The Balaban J connectivity index is 1.66. The molecule has 3 rings (SSSR count). The molecular formula is C23H26N4O2. The van der Waals surface area contributed by atoms with E-state index >= 15 is 0 Å². The SMILES string of the molecule is Cc1cc(C)c(Nc2cnc(C(=O)Nc3ccc(OC(C)C)cc3)cn2)c(C)c1. The molecule has 0 saturated carbocycles. The molecule has 0 saturated heterocycles. The second kappa shape index (κ2) is 8.73. The minimum Gasteiger partial charge on any atom is -0.491 e. The van der Waals surface area contributed by atoms with Gasteiger partial charge in [0.05, 0.1) is 18.5 Å². The second-order valence-corrected chi connectivity index (χ2v) is 7.33. The first kappa shape index (κ1) is 20.3. The maximum atomic E-state index is 12.4. The first-order chi connectivity index (χ1) is 13.8. The molecule has 1 heterocycles. The number of anilines is 3. The van der Waals surface area contributed by atoms with Crippen molar-refractivity contribution < 1.29 is 9.53 Å². The summed E-state index contributed by atoms with van der Waals surface area (Å²) in [4.78, 5) is 21.0. The van der Waals surface area contributed by atoms with Gasteiger partial charge in [-0.25, -0.2) is 9.97 Å². The summed E-state index contributed by atoms with van der Waals surface area (Å²) in [6.07, 6.45) is 3.13. The van der Waals surface area contributed by atoms with E-state index in [1.807, 2.05) is 26.0 Å². The molecule has 1 amide bonds. The fourth-order valence-electron chi connectivity index (χ4n) is 3.10. The molecule has 2 N–H and O–H groups in total. The number of hydrogen-bond donors (Lipinski definition) is 2. The normalized spacial score (nSPS) is 10.7. The third-order valence-electron chi connectivity index (χ3n) is 4.30. The number of aromatic nitrogens is 2. The van der Waals surface area contributed by atoms with Gasteiger partial charge in [0.2, 0.25) is 0 Å². The van der Waals surface area contributed by atoms with Crippen LogP contribution in [0.5, 0.6) is 5.75 Å². The number of nitrogens with one attached hydrogen (secondary N) is 2. The van der Waals surface area contributed by atoms with Crippen molar-refractivity contribution in [3.05, 3.63) is 71.2 Å². The van der Waals surface area contributed by atoms with Crippen LogP contribution in [0.25, 0.3) is 0 Å². The van der Waals surface area contributed by atoms with Crippen molar-refractivity contribution in [3.8, 4) is 5.75 Å². The van der Waals surface area contributed by atoms with E-state index in [0.717, 1.165) is 22.6 Å². The zero-order valence-corrected chi connectivity index (χ0v) is 17.4. The maximum Gasteiger partial charge on any atom is 0.275 e. The molecule has 0 fully saturated rings. The topological polar surface area (TPSA) is 76.1 Å². The number of ether oxygens (including phenoxy) is 1. The van der Waals surface area contributed by atoms with E-state index in [2.05, 4.69) is 53.5 Å². The number of benzene rings is 2. The molecule has 0 unspecified atom stereocenters. The molecule has 0 spiro atoms. The predicted octanol–water partition coefficient (Wildman–Crippen LogP) is 5.18. The number of hydrogen-bond acceptors (Lipinski definition) is 5. The first-order valence-corrected chi connectivity index (χ1v) is 9.57. The van der Waals surface area contributed by atoms with Crippen molar-refractivity contribution >= 4 is 23.1 Å². The first-order valence-electron chi connectivity index (χ1n) is 9.57. The van der Waals surface area contributed by atoms with Crippen molar-refractivity contribution in [1.82, 2.24) is 9.97 Å². The predicted molar refractivity (Wildman–Crippen MR) is 116 cm³/mol. The fraction of sp³-hybridized carbons (Fsp3) is 0.261. The van der Waals surface area contributed by atoms with E-state index < -0.39 is 0 Å². The molecular weight excluding hydrogens is 364 g/mol. The second-order valence-electron chi connectivity index (χ2n) is 7.33. The van der Waals surface area contributed by atoms with Crippen molar-refractivity contribution in [3.63, 3.8) is 0 Å². The van der Waals surface area contributed by atoms with Gasteiger partial charge in [-0.05, 0) is 70.0 Å². The Bertz CT molecular complexity index is 973. The summed E-state index contributed by atoms with van der Waals surface area (Å²) in [5.41, 5.74) is 5.40. The highest BCUT2D eigenvalue weighted by molar-refractivity contribution is 6.02. The number of rotatable bonds is 6. The number of amides is 1. The summed E-state index contributed by atoms with van der Waals surface area (Å²) >= 11 is 0. The molecule has 3 aromatic rings. The third-order valence-corrected chi connectivity index (χ3v) is 4.30. The van der Waals surface area contributed by atoms with Crippen LogP contribution in [0.3, 0.4) is 0 Å². The molecule has 6 nitrogen and oxygen atoms in total. The van der Waals surface area contributed by atoms with Crippen molar-refractivity contribution in [2.24, 2.45) is 0 Å². The van der Waals surface area contributed by atoms with Crippen molar-refractivity contribution in [2.75, 3.05) is 10.6 Å². The van der Waals surface area contributed by atoms with Crippen LogP contribution in [0.1, 0.15) is 41.0 Å². The Hall–Kier alpha value is -3.41. The summed E-state index contributed by atoms with van der Waals surface area (Å²) in [6.45, 7) is 10.1. The molecule has 0 aliphatic heterocycles. The summed E-state index contributed by atoms with van der Waals surface area (Å²) in [5.74, 6) is 1.03. The highest BCUT2D eigenvalue weighted by atomic mass is 16.5. The van der Waals surface area contributed by atoms with Crippen LogP contribution >= 0.6 is 0 Å². The van der Waals surface area contributed by atoms with Crippen LogP contribution in [0.15, 0.2) is 48.8 Å². The lowest BCUT2D eigenvalue weighted by Crippen LogP contribution is -2.14. The molecule has 29 heavy (non-hydrogen) atoms. The highest BCUT2D eigenvalue weighted by Crippen LogP contribution is 2.25. The van der Waals surface area contributed by atoms with Crippen LogP contribution in [0.4, 0.5) is 17.2 Å². The van der Waals surface area contributed by atoms with E-state index in [1.165, 1.54) is 11.8 Å². The van der Waals surface area contributed by atoms with Gasteiger partial charge in [0.1, 0.15) is 17.3 Å². The Morgan fingerprint density at radius 3 is 2.17 bits per heavy atom. The minimum absolute atomic E-state index is 0.102. The monoisotopic (exact) mass is 390 g/mol. The lowest BCUT2D eigenvalue weighted by molar-refractivity contribution is 0.102. The van der Waals surface area contributed by atoms with Crippen LogP contribution in [0, 0.1) is 20.8 Å². The highest BCUT2D eigenvalue weighted by Gasteiger charge is 2.10. The Kier molecular flexibility index (Phi) is 6.12. The average Bonchev–Trinajstić information content (AvgIpc) is 2.66. The fourth-order valence-corrected chi connectivity index (χ4v) is 3.10. The van der Waals surface area contributed by atoms with E-state index in [9.17, 15) is 4.79 Å². The largest absolute Gasteiger partial charge is 0.491 e. The molecule has 0 bridgehead atoms. The van der Waals surface area contributed by atoms with Gasteiger partial charge >= 0.3 is 0 Å². The molecule has 150 valence electrons. The lowest BCUT2D eigenvalue weighted by atomic mass is 10.1. The molecule has 0 radical (unpaired) electrons. The van der Waals surface area contributed by atoms with Crippen LogP contribution in [-0.2, 0) is 0 Å². The van der Waals surface area contributed by atoms with Gasteiger partial charge < -0.3 is 15.4 Å². The molecule has 2 aromatic carbocycles. The zero-order chi connectivity index (χ0) is 21.0. The van der Waals surface area contributed by atoms with E-state index in [-0.39, 0.29) is 17.7 Å². The van der Waals surface area contributed by atoms with Gasteiger partial charge in [-0.3, -0.25) is 4.79 Å². The van der Waals surface area contributed by atoms with Gasteiger partial charge in [-0.15, -0.1) is 0 Å². The number of carbonyl (C=O) groups excluding carboxylic acids is 1. The summed E-state index contributed by atoms with van der Waals surface area (Å²) < 4.78 is 5.60. The van der Waals surface area contributed by atoms with Crippen LogP contribution in [0.2, 0.25) is 0 Å². The van der Waals surface area contributed by atoms with Gasteiger partial charge in [0.15, 0.2) is 0 Å². The van der Waals surface area contributed by atoms with Gasteiger partial charge in [-0.2, -0.15) is 0 Å². The van der Waals surface area contributed by atoms with Gasteiger partial charge in [-0.1, -0.05) is 17.7 Å². The molecule has 0 aliphatic rings. The smallest absolute Gasteiger partial charge is 0.275 e. The Morgan fingerprint density at radius 2 is 1.62 bits per heavy atom. The van der Waals surface area contributed by atoms with E-state index in [4.69, 9.17) is 4.74 Å². The van der Waals surface area contributed by atoms with E-state index in [1.54, 1.807) is 18.3 Å². The average molecular weight is 390 g/mol. The van der Waals surface area contributed by atoms with Crippen LogP contribution in [-0.4, -0.2) is 22.0 Å². The summed E-state index contributed by atoms with van der Waals surface area (Å²) in [6, 6.07) is 11.5. The lowest BCUT2D eigenvalue weighted by Gasteiger charge is -2.13. The molecule has 0 aliphatic carbocycles. The quantitative estimate of drug-likeness (QED) is 0.606. The minimum atomic E-state index is -0.315. The molecule has 1 aromatic heterocycles. The third kappa shape index (κ3) is 5.31. The zero-order valence-electron chi connectivity index (χ0n) is 17.4. The summed E-state index contributed by atoms with van der Waals surface area (Å²) in [7, 11) is 0. The van der Waals surface area contributed by atoms with Crippen molar-refractivity contribution in [2.45, 2.75) is 40.7 Å².